The molecule has 2 aromatic rings. The number of hydrogen-bond donors (Lipinski definition) is 1. The summed E-state index contributed by atoms with van der Waals surface area (Å²) in [6.45, 7) is 2.58. The van der Waals surface area contributed by atoms with E-state index in [0.29, 0.717) is 18.2 Å². The largest absolute Gasteiger partial charge is 0.478 e. The summed E-state index contributed by atoms with van der Waals surface area (Å²) in [6, 6.07) is 5.27. The highest BCUT2D eigenvalue weighted by Gasteiger charge is 2.05. The number of halogens is 1. The molecule has 0 aromatic carbocycles. The summed E-state index contributed by atoms with van der Waals surface area (Å²) in [4.78, 5) is 29.1. The maximum atomic E-state index is 11.6. The lowest BCUT2D eigenvalue weighted by atomic mass is 10.3. The van der Waals surface area contributed by atoms with Crippen LogP contribution in [0.1, 0.15) is 12.6 Å². The first-order chi connectivity index (χ1) is 9.10. The summed E-state index contributed by atoms with van der Waals surface area (Å²) >= 11 is 5.68. The molecule has 0 aliphatic carbocycles. The summed E-state index contributed by atoms with van der Waals surface area (Å²) in [5, 5.41) is -0.0411. The van der Waals surface area contributed by atoms with Crippen molar-refractivity contribution in [1.29, 1.82) is 0 Å². The first kappa shape index (κ1) is 13.4. The summed E-state index contributed by atoms with van der Waals surface area (Å²) in [5.41, 5.74) is -0.492. The van der Waals surface area contributed by atoms with Crippen LogP contribution in [0.5, 0.6) is 5.88 Å². The Bertz CT molecular complexity index is 693. The highest BCUT2D eigenvalue weighted by atomic mass is 35.5. The molecule has 0 aliphatic rings. The van der Waals surface area contributed by atoms with Gasteiger partial charge in [-0.15, -0.1) is 0 Å². The van der Waals surface area contributed by atoms with Gasteiger partial charge in [-0.3, -0.25) is 14.3 Å². The molecule has 2 heterocycles. The molecule has 0 bridgehead atoms. The van der Waals surface area contributed by atoms with Crippen molar-refractivity contribution in [2.45, 2.75) is 13.5 Å². The van der Waals surface area contributed by atoms with Crippen molar-refractivity contribution in [1.82, 2.24) is 14.5 Å². The van der Waals surface area contributed by atoms with Crippen LogP contribution in [0.4, 0.5) is 0 Å². The number of rotatable bonds is 4. The van der Waals surface area contributed by atoms with E-state index < -0.39 is 11.2 Å². The zero-order chi connectivity index (χ0) is 13.8. The van der Waals surface area contributed by atoms with E-state index in [1.54, 1.807) is 18.2 Å². The van der Waals surface area contributed by atoms with Crippen molar-refractivity contribution in [2.75, 3.05) is 6.61 Å². The summed E-state index contributed by atoms with van der Waals surface area (Å²) in [6.07, 6.45) is 1.29. The number of aromatic amines is 1. The Morgan fingerprint density at radius 1 is 1.42 bits per heavy atom. The van der Waals surface area contributed by atoms with E-state index >= 15 is 0 Å². The van der Waals surface area contributed by atoms with Crippen LogP contribution in [0.25, 0.3) is 0 Å². The molecule has 7 heteroatoms. The number of nitrogens with zero attached hydrogens (tertiary/aromatic N) is 2. The van der Waals surface area contributed by atoms with Crippen molar-refractivity contribution in [3.63, 3.8) is 0 Å². The van der Waals surface area contributed by atoms with E-state index in [9.17, 15) is 9.59 Å². The quantitative estimate of drug-likeness (QED) is 0.908. The van der Waals surface area contributed by atoms with Gasteiger partial charge in [0.1, 0.15) is 5.02 Å². The molecule has 6 nitrogen and oxygen atoms in total. The van der Waals surface area contributed by atoms with Crippen LogP contribution < -0.4 is 16.0 Å². The van der Waals surface area contributed by atoms with Gasteiger partial charge in [0.2, 0.25) is 5.88 Å². The molecule has 0 radical (unpaired) electrons. The van der Waals surface area contributed by atoms with Crippen molar-refractivity contribution >= 4 is 11.6 Å². The first-order valence-electron chi connectivity index (χ1n) is 5.68. The van der Waals surface area contributed by atoms with Gasteiger partial charge in [0, 0.05) is 12.3 Å². The van der Waals surface area contributed by atoms with E-state index in [1.807, 2.05) is 6.92 Å². The van der Waals surface area contributed by atoms with Gasteiger partial charge in [0.15, 0.2) is 0 Å². The van der Waals surface area contributed by atoms with E-state index in [-0.39, 0.29) is 11.6 Å². The van der Waals surface area contributed by atoms with Gasteiger partial charge in [-0.1, -0.05) is 17.7 Å². The van der Waals surface area contributed by atoms with Crippen molar-refractivity contribution in [3.8, 4) is 5.88 Å². The van der Waals surface area contributed by atoms with E-state index in [2.05, 4.69) is 9.97 Å². The molecule has 0 aliphatic heterocycles. The second-order valence-corrected chi connectivity index (χ2v) is 4.17. The highest BCUT2D eigenvalue weighted by molar-refractivity contribution is 6.30. The maximum absolute atomic E-state index is 11.6. The maximum Gasteiger partial charge on any atom is 0.328 e. The van der Waals surface area contributed by atoms with Crippen LogP contribution in [0, 0.1) is 0 Å². The molecule has 0 saturated carbocycles. The number of H-pyrrole nitrogens is 1. The predicted octanol–water partition coefficient (Wildman–Crippen LogP) is 1.03. The van der Waals surface area contributed by atoms with Crippen LogP contribution in [0.3, 0.4) is 0 Å². The molecule has 0 fully saturated rings. The molecular weight excluding hydrogens is 270 g/mol. The topological polar surface area (TPSA) is 77.0 Å². The molecule has 0 saturated heterocycles. The fraction of sp³-hybridized carbons (Fsp3) is 0.250. The van der Waals surface area contributed by atoms with Gasteiger partial charge in [-0.25, -0.2) is 9.78 Å². The predicted molar refractivity (Wildman–Crippen MR) is 70.8 cm³/mol. The molecule has 2 aromatic heterocycles. The highest BCUT2D eigenvalue weighted by Crippen LogP contribution is 2.08. The molecule has 0 spiro atoms. The van der Waals surface area contributed by atoms with Gasteiger partial charge in [-0.05, 0) is 13.0 Å². The normalized spacial score (nSPS) is 10.4. The molecule has 100 valence electrons. The van der Waals surface area contributed by atoms with Crippen LogP contribution >= 0.6 is 11.6 Å². The van der Waals surface area contributed by atoms with Crippen LogP contribution in [-0.4, -0.2) is 21.1 Å². The summed E-state index contributed by atoms with van der Waals surface area (Å²) in [5.74, 6) is 0.489. The van der Waals surface area contributed by atoms with Crippen molar-refractivity contribution < 1.29 is 4.74 Å². The Kier molecular flexibility index (Phi) is 4.01. The number of hydrogen-bond acceptors (Lipinski definition) is 4. The Morgan fingerprint density at radius 2 is 2.21 bits per heavy atom. The SMILES string of the molecule is CCOc1cccc(Cn2cc(Cl)c(=O)[nH]c2=O)n1. The third kappa shape index (κ3) is 3.23. The fourth-order valence-electron chi connectivity index (χ4n) is 1.55. The van der Waals surface area contributed by atoms with Crippen LogP contribution in [0.15, 0.2) is 34.0 Å². The molecule has 1 N–H and O–H groups in total. The zero-order valence-electron chi connectivity index (χ0n) is 10.2. The van der Waals surface area contributed by atoms with Gasteiger partial charge < -0.3 is 4.74 Å². The molecule has 0 atom stereocenters. The molecule has 0 unspecified atom stereocenters. The lowest BCUT2D eigenvalue weighted by molar-refractivity contribution is 0.325. The standard InChI is InChI=1S/C12H12ClN3O3/c1-2-19-10-5-3-4-8(14-10)6-16-7-9(13)11(17)15-12(16)18/h3-5,7H,2,6H2,1H3,(H,15,17,18). The van der Waals surface area contributed by atoms with Crippen molar-refractivity contribution in [3.05, 3.63) is 56.0 Å². The van der Waals surface area contributed by atoms with Gasteiger partial charge in [0.25, 0.3) is 5.56 Å². The van der Waals surface area contributed by atoms with E-state index in [0.717, 1.165) is 0 Å². The van der Waals surface area contributed by atoms with Crippen molar-refractivity contribution in [2.24, 2.45) is 0 Å². The second-order valence-electron chi connectivity index (χ2n) is 3.76. The molecule has 19 heavy (non-hydrogen) atoms. The molecule has 2 rings (SSSR count). The molecular formula is C12H12ClN3O3. The first-order valence-corrected chi connectivity index (χ1v) is 6.06. The fourth-order valence-corrected chi connectivity index (χ4v) is 1.71. The summed E-state index contributed by atoms with van der Waals surface area (Å²) < 4.78 is 6.55. The third-order valence-corrected chi connectivity index (χ3v) is 2.64. The monoisotopic (exact) mass is 281 g/mol. The minimum absolute atomic E-state index is 0.0411. The minimum Gasteiger partial charge on any atom is -0.478 e. The Labute approximate surface area is 113 Å². The molecule has 0 amide bonds. The van der Waals surface area contributed by atoms with E-state index in [1.165, 1.54) is 10.8 Å². The smallest absolute Gasteiger partial charge is 0.328 e. The van der Waals surface area contributed by atoms with Crippen LogP contribution in [0.2, 0.25) is 5.02 Å². The van der Waals surface area contributed by atoms with Gasteiger partial charge in [-0.2, -0.15) is 0 Å². The van der Waals surface area contributed by atoms with Crippen LogP contribution in [-0.2, 0) is 6.54 Å². The lowest BCUT2D eigenvalue weighted by Gasteiger charge is -2.07. The second kappa shape index (κ2) is 5.71. The number of aromatic nitrogens is 3. The number of pyridine rings is 1. The van der Waals surface area contributed by atoms with Gasteiger partial charge in [0.05, 0.1) is 18.8 Å². The number of nitrogens with one attached hydrogen (secondary N) is 1. The average molecular weight is 282 g/mol. The Morgan fingerprint density at radius 3 is 2.95 bits per heavy atom. The number of ether oxygens (including phenoxy) is 1. The van der Waals surface area contributed by atoms with Gasteiger partial charge >= 0.3 is 5.69 Å². The summed E-state index contributed by atoms with van der Waals surface area (Å²) in [7, 11) is 0. The zero-order valence-corrected chi connectivity index (χ0v) is 11.0. The lowest BCUT2D eigenvalue weighted by Crippen LogP contribution is -2.30. The average Bonchev–Trinajstić information content (AvgIpc) is 2.37. The minimum atomic E-state index is -0.598. The Hall–Kier alpha value is -2.08. The third-order valence-electron chi connectivity index (χ3n) is 2.37. The van der Waals surface area contributed by atoms with E-state index in [4.69, 9.17) is 16.3 Å². The Balaban J connectivity index is 2.31.